The molecule has 15 heavy (non-hydrogen) atoms. The molecule has 1 atom stereocenters. The Morgan fingerprint density at radius 2 is 2.20 bits per heavy atom. The molecule has 4 heteroatoms. The van der Waals surface area contributed by atoms with E-state index in [1.54, 1.807) is 6.07 Å². The topological polar surface area (TPSA) is 73.5 Å². The number of nitrogens with zero attached hydrogens (tertiary/aromatic N) is 1. The molecule has 0 aliphatic rings. The average molecular weight is 203 g/mol. The fourth-order valence-corrected chi connectivity index (χ4v) is 1.73. The van der Waals surface area contributed by atoms with E-state index in [1.807, 2.05) is 35.7 Å². The first-order chi connectivity index (χ1) is 7.11. The summed E-state index contributed by atoms with van der Waals surface area (Å²) < 4.78 is 1.89. The van der Waals surface area contributed by atoms with E-state index in [1.165, 1.54) is 0 Å². The molecule has 0 fully saturated rings. The second kappa shape index (κ2) is 3.40. The Balaban J connectivity index is 2.79. The Bertz CT molecular complexity index is 514. The van der Waals surface area contributed by atoms with Crippen molar-refractivity contribution < 1.29 is 4.79 Å². The summed E-state index contributed by atoms with van der Waals surface area (Å²) in [6, 6.07) is 7.23. The molecule has 0 spiro atoms. The van der Waals surface area contributed by atoms with Gasteiger partial charge in [0.15, 0.2) is 0 Å². The van der Waals surface area contributed by atoms with Gasteiger partial charge in [-0.25, -0.2) is 0 Å². The lowest BCUT2D eigenvalue weighted by Crippen LogP contribution is -2.10. The normalized spacial score (nSPS) is 12.9. The molecule has 2 rings (SSSR count). The van der Waals surface area contributed by atoms with Gasteiger partial charge in [0, 0.05) is 17.9 Å². The lowest BCUT2D eigenvalue weighted by molar-refractivity contribution is 0.100. The molecule has 0 saturated carbocycles. The van der Waals surface area contributed by atoms with E-state index >= 15 is 0 Å². The molecule has 2 aromatic rings. The van der Waals surface area contributed by atoms with Crippen LogP contribution in [0.25, 0.3) is 5.52 Å². The van der Waals surface area contributed by atoms with Crippen molar-refractivity contribution in [2.24, 2.45) is 11.5 Å². The molecule has 0 aliphatic carbocycles. The predicted octanol–water partition coefficient (Wildman–Crippen LogP) is 1.06. The fraction of sp³-hybridized carbons (Fsp3) is 0.182. The van der Waals surface area contributed by atoms with E-state index in [0.717, 1.165) is 11.2 Å². The lowest BCUT2D eigenvalue weighted by Gasteiger charge is -2.04. The second-order valence-electron chi connectivity index (χ2n) is 3.59. The van der Waals surface area contributed by atoms with Crippen LogP contribution in [0, 0.1) is 0 Å². The molecule has 4 N–H and O–H groups in total. The number of nitrogens with two attached hydrogens (primary N) is 2. The van der Waals surface area contributed by atoms with Crippen molar-refractivity contribution in [3.63, 3.8) is 0 Å². The third kappa shape index (κ3) is 1.49. The van der Waals surface area contributed by atoms with Crippen molar-refractivity contribution in [1.82, 2.24) is 4.40 Å². The van der Waals surface area contributed by atoms with Crippen LogP contribution in [0.5, 0.6) is 0 Å². The van der Waals surface area contributed by atoms with Crippen LogP contribution in [0.15, 0.2) is 30.5 Å². The van der Waals surface area contributed by atoms with Crippen molar-refractivity contribution in [2.75, 3.05) is 0 Å². The highest BCUT2D eigenvalue weighted by molar-refractivity contribution is 6.00. The standard InChI is InChI=1S/C11H13N3O/c1-7(12)10-6-8(11(13)15)9-4-2-3-5-14(9)10/h2-7H,12H2,1H3,(H2,13,15). The molecule has 2 heterocycles. The maximum Gasteiger partial charge on any atom is 0.250 e. The Hall–Kier alpha value is -1.81. The molecular formula is C11H13N3O. The van der Waals surface area contributed by atoms with Gasteiger partial charge in [0.1, 0.15) is 0 Å². The predicted molar refractivity (Wildman–Crippen MR) is 58.5 cm³/mol. The van der Waals surface area contributed by atoms with Crippen molar-refractivity contribution in [3.8, 4) is 0 Å². The molecule has 0 aromatic carbocycles. The van der Waals surface area contributed by atoms with Crippen molar-refractivity contribution in [3.05, 3.63) is 41.7 Å². The minimum absolute atomic E-state index is 0.131. The van der Waals surface area contributed by atoms with Gasteiger partial charge in [0.25, 0.3) is 5.91 Å². The summed E-state index contributed by atoms with van der Waals surface area (Å²) in [5, 5.41) is 0. The smallest absolute Gasteiger partial charge is 0.250 e. The quantitative estimate of drug-likeness (QED) is 0.765. The van der Waals surface area contributed by atoms with E-state index in [-0.39, 0.29) is 6.04 Å². The number of carbonyl (C=O) groups excluding carboxylic acids is 1. The summed E-state index contributed by atoms with van der Waals surface area (Å²) in [7, 11) is 0. The van der Waals surface area contributed by atoms with Crippen LogP contribution in [0.1, 0.15) is 29.0 Å². The first-order valence-corrected chi connectivity index (χ1v) is 4.76. The summed E-state index contributed by atoms with van der Waals surface area (Å²) in [4.78, 5) is 11.2. The molecule has 0 radical (unpaired) electrons. The van der Waals surface area contributed by atoms with Gasteiger partial charge < -0.3 is 15.9 Å². The van der Waals surface area contributed by atoms with Gasteiger partial charge in [0.05, 0.1) is 11.1 Å². The molecule has 1 unspecified atom stereocenters. The molecule has 1 amide bonds. The maximum absolute atomic E-state index is 11.2. The summed E-state index contributed by atoms with van der Waals surface area (Å²) in [5.74, 6) is -0.425. The zero-order chi connectivity index (χ0) is 11.0. The molecule has 0 bridgehead atoms. The van der Waals surface area contributed by atoms with E-state index in [4.69, 9.17) is 11.5 Å². The van der Waals surface area contributed by atoms with Gasteiger partial charge >= 0.3 is 0 Å². The number of rotatable bonds is 2. The number of primary amides is 1. The summed E-state index contributed by atoms with van der Waals surface area (Å²) >= 11 is 0. The number of hydrogen-bond acceptors (Lipinski definition) is 2. The summed E-state index contributed by atoms with van der Waals surface area (Å²) in [5.41, 5.74) is 13.3. The highest BCUT2D eigenvalue weighted by Gasteiger charge is 2.14. The van der Waals surface area contributed by atoms with Crippen LogP contribution in [0.4, 0.5) is 0 Å². The molecule has 78 valence electrons. The number of fused-ring (bicyclic) bond motifs is 1. The number of carbonyl (C=O) groups is 1. The SMILES string of the molecule is CC(N)c1cc(C(N)=O)c2ccccn12. The van der Waals surface area contributed by atoms with Crippen LogP contribution >= 0.6 is 0 Å². The van der Waals surface area contributed by atoms with Crippen LogP contribution in [-0.2, 0) is 0 Å². The number of aromatic nitrogens is 1. The first kappa shape index (κ1) is 9.73. The molecule has 0 saturated heterocycles. The van der Waals surface area contributed by atoms with Gasteiger partial charge in [-0.2, -0.15) is 0 Å². The van der Waals surface area contributed by atoms with Gasteiger partial charge in [-0.15, -0.1) is 0 Å². The zero-order valence-electron chi connectivity index (χ0n) is 8.47. The van der Waals surface area contributed by atoms with Gasteiger partial charge in [0.2, 0.25) is 0 Å². The van der Waals surface area contributed by atoms with Gasteiger partial charge in [-0.1, -0.05) is 6.07 Å². The van der Waals surface area contributed by atoms with Crippen LogP contribution in [0.3, 0.4) is 0 Å². The second-order valence-corrected chi connectivity index (χ2v) is 3.59. The van der Waals surface area contributed by atoms with E-state index < -0.39 is 5.91 Å². The number of pyridine rings is 1. The monoisotopic (exact) mass is 203 g/mol. The minimum Gasteiger partial charge on any atom is -0.366 e. The third-order valence-corrected chi connectivity index (χ3v) is 2.44. The van der Waals surface area contributed by atoms with Gasteiger partial charge in [-0.3, -0.25) is 4.79 Å². The van der Waals surface area contributed by atoms with E-state index in [9.17, 15) is 4.79 Å². The van der Waals surface area contributed by atoms with Crippen molar-refractivity contribution in [1.29, 1.82) is 0 Å². The summed E-state index contributed by atoms with van der Waals surface area (Å²) in [6.07, 6.45) is 1.88. The number of amides is 1. The Kier molecular flexibility index (Phi) is 2.21. The fourth-order valence-electron chi connectivity index (χ4n) is 1.73. The van der Waals surface area contributed by atoms with Gasteiger partial charge in [-0.05, 0) is 25.1 Å². The Labute approximate surface area is 87.5 Å². The molecule has 0 aliphatic heterocycles. The zero-order valence-corrected chi connectivity index (χ0v) is 8.47. The summed E-state index contributed by atoms with van der Waals surface area (Å²) in [6.45, 7) is 1.87. The number of hydrogen-bond donors (Lipinski definition) is 2. The first-order valence-electron chi connectivity index (χ1n) is 4.76. The average Bonchev–Trinajstić information content (AvgIpc) is 2.56. The maximum atomic E-state index is 11.2. The lowest BCUT2D eigenvalue weighted by atomic mass is 10.2. The van der Waals surface area contributed by atoms with Crippen molar-refractivity contribution in [2.45, 2.75) is 13.0 Å². The van der Waals surface area contributed by atoms with Crippen LogP contribution in [0.2, 0.25) is 0 Å². The Morgan fingerprint density at radius 1 is 1.47 bits per heavy atom. The molecule has 2 aromatic heterocycles. The third-order valence-electron chi connectivity index (χ3n) is 2.44. The molecular weight excluding hydrogens is 190 g/mol. The Morgan fingerprint density at radius 3 is 2.80 bits per heavy atom. The highest BCUT2D eigenvalue weighted by atomic mass is 16.1. The van der Waals surface area contributed by atoms with E-state index in [0.29, 0.717) is 5.56 Å². The highest BCUT2D eigenvalue weighted by Crippen LogP contribution is 2.20. The van der Waals surface area contributed by atoms with Crippen LogP contribution < -0.4 is 11.5 Å². The largest absolute Gasteiger partial charge is 0.366 e. The van der Waals surface area contributed by atoms with Crippen LogP contribution in [-0.4, -0.2) is 10.3 Å². The van der Waals surface area contributed by atoms with Crippen molar-refractivity contribution >= 4 is 11.4 Å². The molecule has 4 nitrogen and oxygen atoms in total. The van der Waals surface area contributed by atoms with E-state index in [2.05, 4.69) is 0 Å². The minimum atomic E-state index is -0.425.